The molecule has 1 rings (SSSR count). The van der Waals surface area contributed by atoms with Gasteiger partial charge in [0.25, 0.3) is 0 Å². The van der Waals surface area contributed by atoms with Crippen molar-refractivity contribution in [2.75, 3.05) is 26.0 Å². The van der Waals surface area contributed by atoms with E-state index in [0.717, 1.165) is 12.2 Å². The van der Waals surface area contributed by atoms with E-state index in [1.165, 1.54) is 6.42 Å². The maximum absolute atomic E-state index is 11.6. The van der Waals surface area contributed by atoms with E-state index in [-0.39, 0.29) is 0 Å². The molecule has 6 nitrogen and oxygen atoms in total. The Bertz CT molecular complexity index is 295. The Balaban J connectivity index is 2.23. The third kappa shape index (κ3) is 6.68. The summed E-state index contributed by atoms with van der Waals surface area (Å²) in [5, 5.41) is 14.7. The number of ether oxygens (including phenoxy) is 1. The highest BCUT2D eigenvalue weighted by Gasteiger charge is 2.21. The Hall–Kier alpha value is -0.950. The number of rotatable bonds is 8. The Labute approximate surface area is 117 Å². The summed E-state index contributed by atoms with van der Waals surface area (Å²) in [5.74, 6) is 0.129. The van der Waals surface area contributed by atoms with Gasteiger partial charge in [-0.05, 0) is 31.4 Å². The monoisotopic (exact) mass is 290 g/mol. The van der Waals surface area contributed by atoms with Crippen molar-refractivity contribution in [3.63, 3.8) is 0 Å². The summed E-state index contributed by atoms with van der Waals surface area (Å²) in [6, 6.07) is -1.26. The van der Waals surface area contributed by atoms with Crippen molar-refractivity contribution < 1.29 is 19.4 Å². The summed E-state index contributed by atoms with van der Waals surface area (Å²) < 4.78 is 4.87. The van der Waals surface area contributed by atoms with Crippen LogP contribution in [-0.2, 0) is 9.53 Å². The first kappa shape index (κ1) is 16.1. The fourth-order valence-corrected chi connectivity index (χ4v) is 3.11. The zero-order valence-electron chi connectivity index (χ0n) is 11.2. The van der Waals surface area contributed by atoms with Gasteiger partial charge in [-0.15, -0.1) is 0 Å². The van der Waals surface area contributed by atoms with Crippen molar-refractivity contribution in [1.82, 2.24) is 10.6 Å². The second-order valence-corrected chi connectivity index (χ2v) is 5.92. The van der Waals surface area contributed by atoms with Crippen LogP contribution in [0, 0.1) is 0 Å². The van der Waals surface area contributed by atoms with Crippen LogP contribution >= 0.6 is 11.8 Å². The van der Waals surface area contributed by atoms with Crippen LogP contribution in [0.25, 0.3) is 0 Å². The molecule has 0 aliphatic carbocycles. The Morgan fingerprint density at radius 2 is 2.32 bits per heavy atom. The molecule has 110 valence electrons. The van der Waals surface area contributed by atoms with Crippen LogP contribution in [-0.4, -0.2) is 54.4 Å². The van der Waals surface area contributed by atoms with Crippen LogP contribution in [0.15, 0.2) is 0 Å². The van der Waals surface area contributed by atoms with Crippen LogP contribution < -0.4 is 10.6 Å². The summed E-state index contributed by atoms with van der Waals surface area (Å²) in [6.07, 6.45) is 3.27. The predicted octanol–water partition coefficient (Wildman–Crippen LogP) is 1.06. The van der Waals surface area contributed by atoms with E-state index in [2.05, 4.69) is 10.6 Å². The molecule has 0 spiro atoms. The number of nitrogens with one attached hydrogen (secondary N) is 2. The van der Waals surface area contributed by atoms with Crippen molar-refractivity contribution in [1.29, 1.82) is 0 Å². The van der Waals surface area contributed by atoms with Gasteiger partial charge in [0, 0.05) is 25.5 Å². The van der Waals surface area contributed by atoms with E-state index in [0.29, 0.717) is 31.2 Å². The van der Waals surface area contributed by atoms with Gasteiger partial charge in [-0.2, -0.15) is 11.8 Å². The molecule has 7 heteroatoms. The fraction of sp³-hybridized carbons (Fsp3) is 0.833. The minimum absolute atomic E-state index is 0.370. The van der Waals surface area contributed by atoms with Crippen LogP contribution in [0.2, 0.25) is 0 Å². The van der Waals surface area contributed by atoms with E-state index in [1.54, 1.807) is 7.11 Å². The topological polar surface area (TPSA) is 87.7 Å². The molecule has 2 atom stereocenters. The number of hydrogen-bond donors (Lipinski definition) is 3. The predicted molar refractivity (Wildman–Crippen MR) is 74.5 cm³/mol. The van der Waals surface area contributed by atoms with E-state index < -0.39 is 18.0 Å². The molecule has 1 heterocycles. The molecular formula is C12H22N2O4S. The third-order valence-corrected chi connectivity index (χ3v) is 4.36. The molecule has 1 fully saturated rings. The molecule has 0 aromatic carbocycles. The summed E-state index contributed by atoms with van der Waals surface area (Å²) in [5.41, 5.74) is 0. The Kier molecular flexibility index (Phi) is 7.66. The van der Waals surface area contributed by atoms with E-state index in [9.17, 15) is 9.59 Å². The molecule has 0 radical (unpaired) electrons. The van der Waals surface area contributed by atoms with E-state index in [4.69, 9.17) is 9.84 Å². The number of urea groups is 1. The van der Waals surface area contributed by atoms with E-state index >= 15 is 0 Å². The first-order valence-corrected chi connectivity index (χ1v) is 7.56. The number of hydrogen-bond acceptors (Lipinski definition) is 4. The largest absolute Gasteiger partial charge is 0.480 e. The average Bonchev–Trinajstić information content (AvgIpc) is 2.88. The van der Waals surface area contributed by atoms with Crippen LogP contribution in [0.4, 0.5) is 4.79 Å². The van der Waals surface area contributed by atoms with Crippen molar-refractivity contribution in [2.24, 2.45) is 0 Å². The van der Waals surface area contributed by atoms with Gasteiger partial charge in [0.15, 0.2) is 0 Å². The number of aliphatic carboxylic acids is 1. The molecule has 1 aliphatic rings. The maximum Gasteiger partial charge on any atom is 0.326 e. The molecular weight excluding hydrogens is 268 g/mol. The molecule has 0 aromatic rings. The van der Waals surface area contributed by atoms with Crippen molar-refractivity contribution >= 4 is 23.8 Å². The smallest absolute Gasteiger partial charge is 0.326 e. The Morgan fingerprint density at radius 3 is 2.89 bits per heavy atom. The first-order valence-electron chi connectivity index (χ1n) is 6.51. The lowest BCUT2D eigenvalue weighted by atomic mass is 10.1. The summed E-state index contributed by atoms with van der Waals surface area (Å²) in [7, 11) is 1.56. The highest BCUT2D eigenvalue weighted by molar-refractivity contribution is 8.00. The normalized spacial score (nSPS) is 19.9. The van der Waals surface area contributed by atoms with Crippen LogP contribution in [0.3, 0.4) is 0 Å². The number of carboxylic acid groups (broad SMARTS) is 1. The van der Waals surface area contributed by atoms with Gasteiger partial charge in [-0.1, -0.05) is 0 Å². The number of methoxy groups -OCH3 is 1. The van der Waals surface area contributed by atoms with Gasteiger partial charge in [0.2, 0.25) is 0 Å². The molecule has 1 saturated heterocycles. The zero-order valence-corrected chi connectivity index (χ0v) is 12.0. The Morgan fingerprint density at radius 1 is 1.53 bits per heavy atom. The SMILES string of the molecule is COCCCC(NC(=O)NCC1CCCS1)C(=O)O. The second-order valence-electron chi connectivity index (χ2n) is 4.52. The van der Waals surface area contributed by atoms with Gasteiger partial charge in [0.05, 0.1) is 0 Å². The fourth-order valence-electron chi connectivity index (χ4n) is 1.91. The van der Waals surface area contributed by atoms with Gasteiger partial charge in [0.1, 0.15) is 6.04 Å². The number of thioether (sulfide) groups is 1. The molecule has 0 bridgehead atoms. The molecule has 19 heavy (non-hydrogen) atoms. The highest BCUT2D eigenvalue weighted by Crippen LogP contribution is 2.25. The molecule has 2 unspecified atom stereocenters. The van der Waals surface area contributed by atoms with Gasteiger partial charge in [-0.25, -0.2) is 9.59 Å². The molecule has 3 N–H and O–H groups in total. The first-order chi connectivity index (χ1) is 9.13. The second kappa shape index (κ2) is 9.03. The highest BCUT2D eigenvalue weighted by atomic mass is 32.2. The number of carbonyl (C=O) groups excluding carboxylic acids is 1. The van der Waals surface area contributed by atoms with Crippen LogP contribution in [0.5, 0.6) is 0 Å². The standard InChI is InChI=1S/C12H22N2O4S/c1-18-6-2-5-10(11(15)16)14-12(17)13-8-9-4-3-7-19-9/h9-10H,2-8H2,1H3,(H,15,16)(H2,13,14,17). The van der Waals surface area contributed by atoms with Gasteiger partial charge in [-0.3, -0.25) is 0 Å². The van der Waals surface area contributed by atoms with Crippen molar-refractivity contribution in [2.45, 2.75) is 37.0 Å². The number of carboxylic acids is 1. The number of carbonyl (C=O) groups is 2. The summed E-state index contributed by atoms with van der Waals surface area (Å²) >= 11 is 1.85. The molecule has 0 aromatic heterocycles. The quantitative estimate of drug-likeness (QED) is 0.582. The maximum atomic E-state index is 11.6. The third-order valence-electron chi connectivity index (χ3n) is 2.96. The lowest BCUT2D eigenvalue weighted by Gasteiger charge is -2.16. The van der Waals surface area contributed by atoms with Crippen LogP contribution in [0.1, 0.15) is 25.7 Å². The van der Waals surface area contributed by atoms with Crippen molar-refractivity contribution in [3.05, 3.63) is 0 Å². The number of amides is 2. The minimum Gasteiger partial charge on any atom is -0.480 e. The molecule has 0 saturated carbocycles. The summed E-state index contributed by atoms with van der Waals surface area (Å²) in [6.45, 7) is 1.09. The van der Waals surface area contributed by atoms with Gasteiger partial charge >= 0.3 is 12.0 Å². The minimum atomic E-state index is -1.01. The lowest BCUT2D eigenvalue weighted by molar-refractivity contribution is -0.139. The average molecular weight is 290 g/mol. The lowest BCUT2D eigenvalue weighted by Crippen LogP contribution is -2.47. The zero-order chi connectivity index (χ0) is 14.1. The molecule has 1 aliphatic heterocycles. The van der Waals surface area contributed by atoms with E-state index in [1.807, 2.05) is 11.8 Å². The van der Waals surface area contributed by atoms with Gasteiger partial charge < -0.3 is 20.5 Å². The van der Waals surface area contributed by atoms with Crippen molar-refractivity contribution in [3.8, 4) is 0 Å². The summed E-state index contributed by atoms with van der Waals surface area (Å²) in [4.78, 5) is 22.6. The molecule has 2 amide bonds.